The Hall–Kier alpha value is -3.17. The standard InChI is InChI=1S/C22H20N2O3/c1-3-27-22(26)19-12-24(16-6-7-16)21-14(2)17(15-5-4-10-23-11-15)8-9-18(21)20(19)13-25/h4-5,8-12,16H,3,6-7H2,1-2H3. The molecule has 1 aliphatic carbocycles. The minimum atomic E-state index is -0.485. The van der Waals surface area contributed by atoms with E-state index < -0.39 is 5.97 Å². The molecule has 2 aromatic rings. The van der Waals surface area contributed by atoms with Crippen molar-refractivity contribution >= 4 is 23.2 Å². The average molecular weight is 360 g/mol. The second kappa shape index (κ2) is 6.86. The molecular formula is C22H20N2O3. The van der Waals surface area contributed by atoms with Crippen LogP contribution in [-0.2, 0) is 14.3 Å². The van der Waals surface area contributed by atoms with Crippen LogP contribution in [0, 0.1) is 6.92 Å². The maximum atomic E-state index is 12.4. The van der Waals surface area contributed by atoms with Crippen molar-refractivity contribution in [3.8, 4) is 11.1 Å². The van der Waals surface area contributed by atoms with Crippen molar-refractivity contribution in [3.63, 3.8) is 0 Å². The van der Waals surface area contributed by atoms with Crippen LogP contribution in [0.5, 0.6) is 0 Å². The number of fused-ring (bicyclic) bond motifs is 1. The molecule has 0 spiro atoms. The lowest BCUT2D eigenvalue weighted by Crippen LogP contribution is -2.28. The lowest BCUT2D eigenvalue weighted by molar-refractivity contribution is -0.138. The molecule has 0 N–H and O–H groups in total. The number of anilines is 1. The normalized spacial score (nSPS) is 15.7. The number of hydrogen-bond acceptors (Lipinski definition) is 5. The summed E-state index contributed by atoms with van der Waals surface area (Å²) in [6, 6.07) is 8.13. The number of rotatable bonds is 4. The summed E-state index contributed by atoms with van der Waals surface area (Å²) < 4.78 is 5.16. The van der Waals surface area contributed by atoms with Gasteiger partial charge in [0.1, 0.15) is 5.94 Å². The van der Waals surface area contributed by atoms with Crippen LogP contribution in [0.4, 0.5) is 5.69 Å². The second-order valence-corrected chi connectivity index (χ2v) is 6.75. The Morgan fingerprint density at radius 1 is 1.30 bits per heavy atom. The highest BCUT2D eigenvalue weighted by molar-refractivity contribution is 6.17. The summed E-state index contributed by atoms with van der Waals surface area (Å²) in [5.74, 6) is 1.49. The summed E-state index contributed by atoms with van der Waals surface area (Å²) in [6.07, 6.45) is 7.45. The van der Waals surface area contributed by atoms with Crippen molar-refractivity contribution in [2.45, 2.75) is 32.7 Å². The molecule has 0 unspecified atom stereocenters. The lowest BCUT2D eigenvalue weighted by Gasteiger charge is -2.31. The van der Waals surface area contributed by atoms with Crippen LogP contribution in [-0.4, -0.2) is 29.5 Å². The monoisotopic (exact) mass is 360 g/mol. The lowest BCUT2D eigenvalue weighted by atomic mass is 9.88. The van der Waals surface area contributed by atoms with E-state index in [1.165, 1.54) is 0 Å². The van der Waals surface area contributed by atoms with Crippen molar-refractivity contribution in [2.24, 2.45) is 0 Å². The van der Waals surface area contributed by atoms with E-state index in [1.54, 1.807) is 19.3 Å². The summed E-state index contributed by atoms with van der Waals surface area (Å²) >= 11 is 0. The summed E-state index contributed by atoms with van der Waals surface area (Å²) in [5, 5.41) is 0. The molecule has 2 aliphatic rings. The van der Waals surface area contributed by atoms with E-state index in [4.69, 9.17) is 4.74 Å². The average Bonchev–Trinajstić information content (AvgIpc) is 3.53. The molecule has 27 heavy (non-hydrogen) atoms. The van der Waals surface area contributed by atoms with Gasteiger partial charge in [-0.1, -0.05) is 18.2 Å². The topological polar surface area (TPSA) is 59.5 Å². The number of carbonyl (C=O) groups excluding carboxylic acids is 2. The van der Waals surface area contributed by atoms with Gasteiger partial charge in [-0.3, -0.25) is 4.98 Å². The van der Waals surface area contributed by atoms with Gasteiger partial charge in [0.2, 0.25) is 0 Å². The van der Waals surface area contributed by atoms with Gasteiger partial charge in [-0.15, -0.1) is 0 Å². The number of aromatic nitrogens is 1. The molecule has 136 valence electrons. The Bertz CT molecular complexity index is 984. The molecule has 1 saturated carbocycles. The SMILES string of the molecule is CCOC(=O)C1=CN(C2CC2)c2c(ccc(-c3cccnc3)c2C)C1=C=O. The van der Waals surface area contributed by atoms with E-state index in [-0.39, 0.29) is 17.8 Å². The van der Waals surface area contributed by atoms with Gasteiger partial charge in [0.15, 0.2) is 0 Å². The predicted molar refractivity (Wildman–Crippen MR) is 104 cm³/mol. The zero-order chi connectivity index (χ0) is 19.0. The number of nitrogens with zero attached hydrogens (tertiary/aromatic N) is 2. The molecule has 1 aromatic carbocycles. The van der Waals surface area contributed by atoms with Crippen LogP contribution in [0.2, 0.25) is 0 Å². The summed E-state index contributed by atoms with van der Waals surface area (Å²) in [4.78, 5) is 30.5. The molecule has 0 atom stereocenters. The van der Waals surface area contributed by atoms with E-state index in [1.807, 2.05) is 43.3 Å². The van der Waals surface area contributed by atoms with Gasteiger partial charge in [-0.2, -0.15) is 0 Å². The fourth-order valence-electron chi connectivity index (χ4n) is 3.60. The Morgan fingerprint density at radius 2 is 2.07 bits per heavy atom. The highest BCUT2D eigenvalue weighted by Crippen LogP contribution is 2.46. The third-order valence-corrected chi connectivity index (χ3v) is 5.01. The van der Waals surface area contributed by atoms with E-state index in [9.17, 15) is 9.59 Å². The first-order valence-electron chi connectivity index (χ1n) is 9.12. The number of pyridine rings is 1. The van der Waals surface area contributed by atoms with Gasteiger partial charge < -0.3 is 9.64 Å². The molecule has 5 nitrogen and oxygen atoms in total. The minimum absolute atomic E-state index is 0.261. The maximum absolute atomic E-state index is 12.4. The Morgan fingerprint density at radius 3 is 2.70 bits per heavy atom. The zero-order valence-corrected chi connectivity index (χ0v) is 15.4. The second-order valence-electron chi connectivity index (χ2n) is 6.75. The molecule has 0 amide bonds. The van der Waals surface area contributed by atoms with Crippen LogP contribution in [0.15, 0.2) is 48.4 Å². The quantitative estimate of drug-likeness (QED) is 0.615. The van der Waals surface area contributed by atoms with Crippen LogP contribution >= 0.6 is 0 Å². The molecule has 1 aromatic heterocycles. The fraction of sp³-hybridized carbons (Fsp3) is 0.273. The van der Waals surface area contributed by atoms with Gasteiger partial charge in [0, 0.05) is 35.8 Å². The predicted octanol–water partition coefficient (Wildman–Crippen LogP) is 3.70. The first kappa shape index (κ1) is 17.3. The van der Waals surface area contributed by atoms with Gasteiger partial charge in [0.25, 0.3) is 0 Å². The molecule has 0 saturated heterocycles. The van der Waals surface area contributed by atoms with E-state index >= 15 is 0 Å². The number of hydrogen-bond donors (Lipinski definition) is 0. The van der Waals surface area contributed by atoms with Crippen LogP contribution < -0.4 is 4.90 Å². The summed E-state index contributed by atoms with van der Waals surface area (Å²) in [6.45, 7) is 4.06. The highest BCUT2D eigenvalue weighted by Gasteiger charge is 2.37. The number of ether oxygens (including phenoxy) is 1. The van der Waals surface area contributed by atoms with E-state index in [2.05, 4.69) is 9.88 Å². The third-order valence-electron chi connectivity index (χ3n) is 5.01. The number of esters is 1. The molecule has 0 bridgehead atoms. The number of carbonyl (C=O) groups is 1. The Balaban J connectivity index is 1.90. The first-order valence-corrected chi connectivity index (χ1v) is 9.12. The van der Waals surface area contributed by atoms with Crippen molar-refractivity contribution in [2.75, 3.05) is 11.5 Å². The van der Waals surface area contributed by atoms with Gasteiger partial charge in [0.05, 0.1) is 23.4 Å². The van der Waals surface area contributed by atoms with Gasteiger partial charge in [-0.05, 0) is 43.9 Å². The van der Waals surface area contributed by atoms with Crippen molar-refractivity contribution in [1.82, 2.24) is 4.98 Å². The van der Waals surface area contributed by atoms with E-state index in [0.717, 1.165) is 40.8 Å². The smallest absolute Gasteiger partial charge is 0.341 e. The fourth-order valence-corrected chi connectivity index (χ4v) is 3.60. The molecule has 0 radical (unpaired) electrons. The molecule has 1 aliphatic heterocycles. The van der Waals surface area contributed by atoms with Crippen LogP contribution in [0.3, 0.4) is 0 Å². The molecular weight excluding hydrogens is 340 g/mol. The van der Waals surface area contributed by atoms with Crippen molar-refractivity contribution in [1.29, 1.82) is 0 Å². The Kier molecular flexibility index (Phi) is 4.38. The summed E-state index contributed by atoms with van der Waals surface area (Å²) in [5.41, 5.74) is 5.37. The highest BCUT2D eigenvalue weighted by atomic mass is 16.5. The first-order chi connectivity index (χ1) is 13.2. The Labute approximate surface area is 158 Å². The molecule has 5 heteroatoms. The van der Waals surface area contributed by atoms with Crippen LogP contribution in [0.1, 0.15) is 30.9 Å². The van der Waals surface area contributed by atoms with Crippen molar-refractivity contribution < 1.29 is 14.3 Å². The van der Waals surface area contributed by atoms with E-state index in [0.29, 0.717) is 6.04 Å². The zero-order valence-electron chi connectivity index (χ0n) is 15.4. The van der Waals surface area contributed by atoms with Crippen molar-refractivity contribution in [3.05, 3.63) is 59.6 Å². The minimum Gasteiger partial charge on any atom is -0.462 e. The molecule has 2 heterocycles. The van der Waals surface area contributed by atoms with Gasteiger partial charge in [-0.25, -0.2) is 9.59 Å². The summed E-state index contributed by atoms with van der Waals surface area (Å²) in [7, 11) is 0. The van der Waals surface area contributed by atoms with Gasteiger partial charge >= 0.3 is 5.97 Å². The molecule has 4 rings (SSSR count). The number of benzene rings is 1. The largest absolute Gasteiger partial charge is 0.462 e. The maximum Gasteiger partial charge on any atom is 0.341 e. The molecule has 1 fully saturated rings. The van der Waals surface area contributed by atoms with Crippen LogP contribution in [0.25, 0.3) is 16.7 Å². The third kappa shape index (κ3) is 2.96.